The number of ether oxygens (including phenoxy) is 2. The minimum atomic E-state index is -3.74. The highest BCUT2D eigenvalue weighted by molar-refractivity contribution is 7.89. The van der Waals surface area contributed by atoms with Gasteiger partial charge in [-0.1, -0.05) is 6.92 Å². The van der Waals surface area contributed by atoms with E-state index in [1.165, 1.54) is 39.4 Å². The van der Waals surface area contributed by atoms with Crippen LogP contribution in [0.4, 0.5) is 5.69 Å². The molecule has 1 N–H and O–H groups in total. The Morgan fingerprint density at radius 2 is 1.92 bits per heavy atom. The van der Waals surface area contributed by atoms with Crippen molar-refractivity contribution < 1.29 is 27.5 Å². The number of hydrogen-bond acceptors (Lipinski definition) is 6. The lowest BCUT2D eigenvalue weighted by Crippen LogP contribution is -2.24. The molecule has 0 atom stereocenters. The van der Waals surface area contributed by atoms with Crippen LogP contribution in [0.2, 0.25) is 0 Å². The van der Waals surface area contributed by atoms with E-state index >= 15 is 0 Å². The Morgan fingerprint density at radius 1 is 1.25 bits per heavy atom. The molecule has 1 amide bonds. The van der Waals surface area contributed by atoms with Gasteiger partial charge in [-0.15, -0.1) is 0 Å². The maximum absolute atomic E-state index is 12.3. The van der Waals surface area contributed by atoms with Gasteiger partial charge in [0, 0.05) is 26.2 Å². The quantitative estimate of drug-likeness (QED) is 0.701. The molecule has 24 heavy (non-hydrogen) atoms. The maximum atomic E-state index is 12.3. The summed E-state index contributed by atoms with van der Waals surface area (Å²) < 4.78 is 35.5. The molecular weight excluding hydrogens is 336 g/mol. The molecule has 9 heteroatoms. The van der Waals surface area contributed by atoms with Crippen molar-refractivity contribution in [2.75, 3.05) is 33.1 Å². The number of carbonyl (C=O) groups is 2. The zero-order chi connectivity index (χ0) is 18.3. The third kappa shape index (κ3) is 5.20. The normalized spacial score (nSPS) is 11.2. The van der Waals surface area contributed by atoms with E-state index in [1.807, 2.05) is 6.92 Å². The van der Waals surface area contributed by atoms with Crippen LogP contribution in [0.1, 0.15) is 19.8 Å². The summed E-state index contributed by atoms with van der Waals surface area (Å²) in [7, 11) is 0.409. The van der Waals surface area contributed by atoms with Gasteiger partial charge >= 0.3 is 5.97 Å². The molecular formula is C15H22N2O6S. The number of hydrogen-bond donors (Lipinski definition) is 1. The number of nitrogens with zero attached hydrogens (tertiary/aromatic N) is 1. The summed E-state index contributed by atoms with van der Waals surface area (Å²) in [6, 6.07) is 4.23. The Labute approximate surface area is 141 Å². The monoisotopic (exact) mass is 358 g/mol. The first kappa shape index (κ1) is 19.9. The molecule has 1 rings (SSSR count). The fourth-order valence-electron chi connectivity index (χ4n) is 1.77. The summed E-state index contributed by atoms with van der Waals surface area (Å²) in [6.45, 7) is 1.39. The smallest absolute Gasteiger partial charge is 0.306 e. The van der Waals surface area contributed by atoms with Gasteiger partial charge in [-0.3, -0.25) is 9.59 Å². The Hall–Kier alpha value is -2.13. The van der Waals surface area contributed by atoms with Crippen LogP contribution in [0.3, 0.4) is 0 Å². The lowest BCUT2D eigenvalue weighted by Gasteiger charge is -2.16. The Bertz CT molecular complexity index is 700. The van der Waals surface area contributed by atoms with Crippen LogP contribution >= 0.6 is 0 Å². The molecule has 0 bridgehead atoms. The van der Waals surface area contributed by atoms with E-state index in [4.69, 9.17) is 9.47 Å². The number of benzene rings is 1. The number of nitrogens with one attached hydrogen (secondary N) is 1. The first-order chi connectivity index (χ1) is 11.2. The van der Waals surface area contributed by atoms with Crippen LogP contribution < -0.4 is 10.1 Å². The van der Waals surface area contributed by atoms with Gasteiger partial charge in [0.25, 0.3) is 5.91 Å². The van der Waals surface area contributed by atoms with E-state index in [9.17, 15) is 18.0 Å². The molecule has 134 valence electrons. The fraction of sp³-hybridized carbons (Fsp3) is 0.467. The number of amides is 1. The van der Waals surface area contributed by atoms with Crippen molar-refractivity contribution in [3.8, 4) is 5.75 Å². The average molecular weight is 358 g/mol. The molecule has 0 aliphatic carbocycles. The number of anilines is 1. The summed E-state index contributed by atoms with van der Waals surface area (Å²) in [5, 5.41) is 2.49. The summed E-state index contributed by atoms with van der Waals surface area (Å²) in [5.41, 5.74) is 0.257. The number of rotatable bonds is 8. The van der Waals surface area contributed by atoms with Crippen molar-refractivity contribution in [1.29, 1.82) is 0 Å². The van der Waals surface area contributed by atoms with Gasteiger partial charge in [0.15, 0.2) is 6.61 Å². The standard InChI is InChI=1S/C15H22N2O6S/c1-5-6-15(19)23-10-14(18)16-11-7-8-12(22-4)13(9-11)24(20,21)17(2)3/h7-9H,5-6,10H2,1-4H3,(H,16,18). The van der Waals surface area contributed by atoms with Crippen molar-refractivity contribution >= 4 is 27.6 Å². The summed E-state index contributed by atoms with van der Waals surface area (Å²) in [6.07, 6.45) is 0.867. The zero-order valence-corrected chi connectivity index (χ0v) is 15.0. The average Bonchev–Trinajstić information content (AvgIpc) is 2.53. The molecule has 1 aromatic rings. The van der Waals surface area contributed by atoms with Gasteiger partial charge in [0.05, 0.1) is 7.11 Å². The minimum Gasteiger partial charge on any atom is -0.495 e. The largest absolute Gasteiger partial charge is 0.495 e. The SMILES string of the molecule is CCCC(=O)OCC(=O)Nc1ccc(OC)c(S(=O)(=O)N(C)C)c1. The van der Waals surface area contributed by atoms with Crippen LogP contribution in [-0.4, -0.2) is 52.4 Å². The highest BCUT2D eigenvalue weighted by atomic mass is 32.2. The van der Waals surface area contributed by atoms with Crippen molar-refractivity contribution in [1.82, 2.24) is 4.31 Å². The molecule has 0 unspecified atom stereocenters. The summed E-state index contributed by atoms with van der Waals surface area (Å²) in [4.78, 5) is 23.0. The molecule has 0 saturated carbocycles. The van der Waals surface area contributed by atoms with E-state index < -0.39 is 28.5 Å². The van der Waals surface area contributed by atoms with Crippen molar-refractivity contribution in [3.63, 3.8) is 0 Å². The molecule has 0 saturated heterocycles. The third-order valence-corrected chi connectivity index (χ3v) is 4.86. The minimum absolute atomic E-state index is 0.0734. The Morgan fingerprint density at radius 3 is 2.46 bits per heavy atom. The second-order valence-electron chi connectivity index (χ2n) is 5.11. The third-order valence-electron chi connectivity index (χ3n) is 3.02. The highest BCUT2D eigenvalue weighted by Crippen LogP contribution is 2.28. The number of esters is 1. The Kier molecular flexibility index (Phi) is 7.18. The molecule has 0 radical (unpaired) electrons. The Balaban J connectivity index is 2.91. The van der Waals surface area contributed by atoms with E-state index in [1.54, 1.807) is 0 Å². The van der Waals surface area contributed by atoms with Crippen LogP contribution in [0.25, 0.3) is 0 Å². The second kappa shape index (κ2) is 8.65. The predicted octanol–water partition coefficient (Wildman–Crippen LogP) is 1.23. The number of carbonyl (C=O) groups excluding carboxylic acids is 2. The molecule has 0 aliphatic heterocycles. The first-order valence-corrected chi connectivity index (χ1v) is 8.72. The van der Waals surface area contributed by atoms with Crippen LogP contribution in [-0.2, 0) is 24.3 Å². The second-order valence-corrected chi connectivity index (χ2v) is 7.23. The number of sulfonamides is 1. The van der Waals surface area contributed by atoms with E-state index in [0.29, 0.717) is 6.42 Å². The molecule has 1 aromatic carbocycles. The van der Waals surface area contributed by atoms with Crippen LogP contribution in [0.5, 0.6) is 5.75 Å². The van der Waals surface area contributed by atoms with Gasteiger partial charge in [-0.25, -0.2) is 12.7 Å². The summed E-state index contributed by atoms with van der Waals surface area (Å²) in [5.74, 6) is -0.854. The van der Waals surface area contributed by atoms with E-state index in [-0.39, 0.29) is 22.8 Å². The highest BCUT2D eigenvalue weighted by Gasteiger charge is 2.23. The van der Waals surface area contributed by atoms with Gasteiger partial charge in [0.1, 0.15) is 10.6 Å². The molecule has 0 aromatic heterocycles. The number of methoxy groups -OCH3 is 1. The molecule has 0 heterocycles. The fourth-order valence-corrected chi connectivity index (χ4v) is 2.85. The van der Waals surface area contributed by atoms with Crippen LogP contribution in [0.15, 0.2) is 23.1 Å². The summed E-state index contributed by atoms with van der Waals surface area (Å²) >= 11 is 0. The van der Waals surface area contributed by atoms with E-state index in [2.05, 4.69) is 5.32 Å². The molecule has 8 nitrogen and oxygen atoms in total. The molecule has 0 aliphatic rings. The van der Waals surface area contributed by atoms with Gasteiger partial charge in [0.2, 0.25) is 10.0 Å². The predicted molar refractivity (Wildman–Crippen MR) is 88.4 cm³/mol. The van der Waals surface area contributed by atoms with Crippen molar-refractivity contribution in [3.05, 3.63) is 18.2 Å². The van der Waals surface area contributed by atoms with Gasteiger partial charge < -0.3 is 14.8 Å². The molecule has 0 fully saturated rings. The van der Waals surface area contributed by atoms with Crippen molar-refractivity contribution in [2.24, 2.45) is 0 Å². The zero-order valence-electron chi connectivity index (χ0n) is 14.2. The maximum Gasteiger partial charge on any atom is 0.306 e. The van der Waals surface area contributed by atoms with Gasteiger partial charge in [-0.05, 0) is 24.6 Å². The van der Waals surface area contributed by atoms with Crippen LogP contribution in [0, 0.1) is 0 Å². The van der Waals surface area contributed by atoms with E-state index in [0.717, 1.165) is 4.31 Å². The molecule has 0 spiro atoms. The van der Waals surface area contributed by atoms with Crippen molar-refractivity contribution in [2.45, 2.75) is 24.7 Å². The first-order valence-electron chi connectivity index (χ1n) is 7.28. The topological polar surface area (TPSA) is 102 Å². The van der Waals surface area contributed by atoms with Gasteiger partial charge in [-0.2, -0.15) is 0 Å². The lowest BCUT2D eigenvalue weighted by molar-refractivity contribution is -0.147. The lowest BCUT2D eigenvalue weighted by atomic mass is 10.3.